The highest BCUT2D eigenvalue weighted by molar-refractivity contribution is 7.09. The predicted octanol–water partition coefficient (Wildman–Crippen LogP) is 2.65. The number of aliphatic hydroxyl groups is 1. The van der Waals surface area contributed by atoms with Crippen LogP contribution in [0.1, 0.15) is 41.6 Å². The van der Waals surface area contributed by atoms with Crippen molar-refractivity contribution in [3.05, 3.63) is 46.5 Å². The molecule has 1 spiro atoms. The number of rotatable bonds is 4. The average molecular weight is 391 g/mol. The van der Waals surface area contributed by atoms with Crippen molar-refractivity contribution in [1.82, 2.24) is 10.2 Å². The summed E-state index contributed by atoms with van der Waals surface area (Å²) in [4.78, 5) is 16.1. The number of hydrogen-bond donors (Lipinski definition) is 2. The molecule has 6 nitrogen and oxygen atoms in total. The molecule has 0 bridgehead atoms. The molecule has 0 aliphatic carbocycles. The predicted molar refractivity (Wildman–Crippen MR) is 103 cm³/mol. The minimum Gasteiger partial charge on any atom is -0.459 e. The number of nitrogens with one attached hydrogen (secondary N) is 1. The van der Waals surface area contributed by atoms with Crippen LogP contribution < -0.4 is 5.32 Å². The Bertz CT molecular complexity index is 749. The number of hydrogen-bond acceptors (Lipinski definition) is 6. The van der Waals surface area contributed by atoms with Crippen LogP contribution in [0.5, 0.6) is 0 Å². The van der Waals surface area contributed by atoms with Crippen LogP contribution in [0.4, 0.5) is 0 Å². The molecular formula is C20H26N2O4S. The average Bonchev–Trinajstić information content (AvgIpc) is 3.33. The molecule has 2 atom stereocenters. The lowest BCUT2D eigenvalue weighted by Crippen LogP contribution is -2.63. The van der Waals surface area contributed by atoms with Gasteiger partial charge in [0.15, 0.2) is 5.76 Å². The summed E-state index contributed by atoms with van der Waals surface area (Å²) in [6.45, 7) is 4.99. The van der Waals surface area contributed by atoms with E-state index < -0.39 is 11.6 Å². The molecule has 0 saturated carbocycles. The molecule has 146 valence electrons. The maximum atomic E-state index is 12.2. The van der Waals surface area contributed by atoms with Gasteiger partial charge in [-0.15, -0.1) is 11.3 Å². The van der Waals surface area contributed by atoms with Gasteiger partial charge in [-0.3, -0.25) is 9.69 Å². The second kappa shape index (κ2) is 7.39. The topological polar surface area (TPSA) is 74.9 Å². The Kier molecular flexibility index (Phi) is 5.11. The quantitative estimate of drug-likeness (QED) is 0.840. The maximum Gasteiger partial charge on any atom is 0.287 e. The van der Waals surface area contributed by atoms with E-state index in [-0.39, 0.29) is 17.3 Å². The second-order valence-corrected chi connectivity index (χ2v) is 8.92. The number of thiophene rings is 1. The van der Waals surface area contributed by atoms with Gasteiger partial charge < -0.3 is 19.6 Å². The fourth-order valence-electron chi connectivity index (χ4n) is 4.16. The number of furan rings is 1. The number of carbonyl (C=O) groups is 1. The molecule has 27 heavy (non-hydrogen) atoms. The third-order valence-electron chi connectivity index (χ3n) is 5.76. The zero-order valence-corrected chi connectivity index (χ0v) is 16.3. The van der Waals surface area contributed by atoms with E-state index in [9.17, 15) is 9.90 Å². The Morgan fingerprint density at radius 2 is 2.19 bits per heavy atom. The first-order valence-electron chi connectivity index (χ1n) is 9.41. The zero-order chi connectivity index (χ0) is 18.9. The monoisotopic (exact) mass is 390 g/mol. The molecule has 2 aliphatic heterocycles. The molecule has 4 heterocycles. The first-order valence-corrected chi connectivity index (χ1v) is 10.3. The van der Waals surface area contributed by atoms with E-state index in [1.54, 1.807) is 30.4 Å². The van der Waals surface area contributed by atoms with Crippen molar-refractivity contribution in [1.29, 1.82) is 0 Å². The van der Waals surface area contributed by atoms with Crippen molar-refractivity contribution in [2.75, 3.05) is 19.7 Å². The number of piperidine rings is 1. The van der Waals surface area contributed by atoms with Crippen molar-refractivity contribution in [2.45, 2.75) is 50.0 Å². The van der Waals surface area contributed by atoms with Gasteiger partial charge >= 0.3 is 0 Å². The zero-order valence-electron chi connectivity index (χ0n) is 15.5. The SMILES string of the molecule is C[C@]1(O)CC2(CCN(Cc3cccs3)CC2)OC[C@@H]1NC(=O)c1ccco1. The molecule has 0 aromatic carbocycles. The molecule has 0 radical (unpaired) electrons. The summed E-state index contributed by atoms with van der Waals surface area (Å²) in [5.74, 6) is -0.0800. The van der Waals surface area contributed by atoms with Gasteiger partial charge in [-0.2, -0.15) is 0 Å². The van der Waals surface area contributed by atoms with E-state index in [1.165, 1.54) is 11.1 Å². The van der Waals surface area contributed by atoms with Gasteiger partial charge in [0.1, 0.15) is 0 Å². The smallest absolute Gasteiger partial charge is 0.287 e. The highest BCUT2D eigenvalue weighted by atomic mass is 32.1. The normalized spacial score (nSPS) is 28.3. The highest BCUT2D eigenvalue weighted by Gasteiger charge is 2.49. The number of likely N-dealkylation sites (tertiary alicyclic amines) is 1. The highest BCUT2D eigenvalue weighted by Crippen LogP contribution is 2.40. The Labute approximate surface area is 163 Å². The number of amides is 1. The molecule has 4 rings (SSSR count). The van der Waals surface area contributed by atoms with Crippen molar-refractivity contribution >= 4 is 17.2 Å². The van der Waals surface area contributed by atoms with Crippen LogP contribution >= 0.6 is 11.3 Å². The van der Waals surface area contributed by atoms with E-state index in [2.05, 4.69) is 27.7 Å². The molecule has 2 N–H and O–H groups in total. The Morgan fingerprint density at radius 3 is 2.81 bits per heavy atom. The van der Waals surface area contributed by atoms with E-state index in [4.69, 9.17) is 9.15 Å². The molecule has 1 amide bonds. The summed E-state index contributed by atoms with van der Waals surface area (Å²) in [5.41, 5.74) is -1.32. The van der Waals surface area contributed by atoms with Crippen molar-refractivity contribution in [3.63, 3.8) is 0 Å². The third-order valence-corrected chi connectivity index (χ3v) is 6.63. The molecule has 2 fully saturated rings. The van der Waals surface area contributed by atoms with Crippen LogP contribution in [0.2, 0.25) is 0 Å². The lowest BCUT2D eigenvalue weighted by molar-refractivity contribution is -0.186. The van der Waals surface area contributed by atoms with E-state index >= 15 is 0 Å². The van der Waals surface area contributed by atoms with E-state index in [0.29, 0.717) is 13.0 Å². The minimum atomic E-state index is -1.02. The van der Waals surface area contributed by atoms with Crippen molar-refractivity contribution in [3.8, 4) is 0 Å². The summed E-state index contributed by atoms with van der Waals surface area (Å²) in [5, 5.41) is 16.0. The van der Waals surface area contributed by atoms with Gasteiger partial charge in [-0.25, -0.2) is 0 Å². The first-order chi connectivity index (χ1) is 13.0. The molecule has 2 saturated heterocycles. The first kappa shape index (κ1) is 18.7. The largest absolute Gasteiger partial charge is 0.459 e. The van der Waals surface area contributed by atoms with Gasteiger partial charge in [0.2, 0.25) is 0 Å². The molecule has 2 aliphatic rings. The lowest BCUT2D eigenvalue weighted by Gasteiger charge is -2.51. The minimum absolute atomic E-state index is 0.243. The molecule has 0 unspecified atom stereocenters. The fourth-order valence-corrected chi connectivity index (χ4v) is 4.91. The number of nitrogens with zero attached hydrogens (tertiary/aromatic N) is 1. The van der Waals surface area contributed by atoms with Crippen LogP contribution in [-0.2, 0) is 11.3 Å². The fraction of sp³-hybridized carbons (Fsp3) is 0.550. The molecule has 2 aromatic rings. The second-order valence-electron chi connectivity index (χ2n) is 7.89. The van der Waals surface area contributed by atoms with Crippen LogP contribution in [-0.4, -0.2) is 52.9 Å². The van der Waals surface area contributed by atoms with Crippen molar-refractivity contribution < 1.29 is 19.1 Å². The Hall–Kier alpha value is -1.67. The van der Waals surface area contributed by atoms with Crippen LogP contribution in [0.15, 0.2) is 40.3 Å². The Balaban J connectivity index is 1.34. The van der Waals surface area contributed by atoms with Gasteiger partial charge in [-0.1, -0.05) is 6.07 Å². The molecule has 2 aromatic heterocycles. The van der Waals surface area contributed by atoms with Gasteiger partial charge in [0.05, 0.1) is 30.1 Å². The number of ether oxygens (including phenoxy) is 1. The summed E-state index contributed by atoms with van der Waals surface area (Å²) in [6.07, 6.45) is 3.78. The van der Waals surface area contributed by atoms with Gasteiger partial charge in [-0.05, 0) is 43.3 Å². The number of carbonyl (C=O) groups excluding carboxylic acids is 1. The van der Waals surface area contributed by atoms with Crippen molar-refractivity contribution in [2.24, 2.45) is 0 Å². The molecular weight excluding hydrogens is 364 g/mol. The lowest BCUT2D eigenvalue weighted by atomic mass is 9.75. The van der Waals surface area contributed by atoms with E-state index in [0.717, 1.165) is 32.5 Å². The van der Waals surface area contributed by atoms with Crippen LogP contribution in [0, 0.1) is 0 Å². The standard InChI is InChI=1S/C20H26N2O4S/c1-19(24)14-20(6-8-22(9-7-20)12-15-4-3-11-27-15)26-13-17(19)21-18(23)16-5-2-10-25-16/h2-5,10-11,17,24H,6-9,12-14H2,1H3,(H,21,23)/t17-,19-/m0/s1. The molecule has 7 heteroatoms. The van der Waals surface area contributed by atoms with E-state index in [1.807, 2.05) is 0 Å². The van der Waals surface area contributed by atoms with Crippen LogP contribution in [0.25, 0.3) is 0 Å². The summed E-state index contributed by atoms with van der Waals surface area (Å²) >= 11 is 1.79. The van der Waals surface area contributed by atoms with Gasteiger partial charge in [0, 0.05) is 30.9 Å². The Morgan fingerprint density at radius 1 is 1.37 bits per heavy atom. The summed E-state index contributed by atoms with van der Waals surface area (Å²) < 4.78 is 11.4. The summed E-state index contributed by atoms with van der Waals surface area (Å²) in [6, 6.07) is 7.08. The summed E-state index contributed by atoms with van der Waals surface area (Å²) in [7, 11) is 0. The van der Waals surface area contributed by atoms with Gasteiger partial charge in [0.25, 0.3) is 5.91 Å². The maximum absolute atomic E-state index is 12.2. The van der Waals surface area contributed by atoms with Crippen LogP contribution in [0.3, 0.4) is 0 Å². The third kappa shape index (κ3) is 4.11.